The van der Waals surface area contributed by atoms with Crippen molar-refractivity contribution in [3.8, 4) is 11.8 Å². The number of ether oxygens (including phenoxy) is 1. The lowest BCUT2D eigenvalue weighted by Crippen LogP contribution is -2.37. The molecule has 0 fully saturated rings. The second kappa shape index (κ2) is 9.11. The molecule has 0 aromatic heterocycles. The minimum absolute atomic E-state index is 0.0731. The molecule has 0 aliphatic carbocycles. The van der Waals surface area contributed by atoms with Crippen molar-refractivity contribution in [3.63, 3.8) is 0 Å². The van der Waals surface area contributed by atoms with Crippen molar-refractivity contribution in [2.45, 2.75) is 20.0 Å². The average molecular weight is 331 g/mol. The molecule has 0 aliphatic heterocycles. The van der Waals surface area contributed by atoms with Gasteiger partial charge in [0.1, 0.15) is 12.7 Å². The third-order valence-corrected chi connectivity index (χ3v) is 3.60. The monoisotopic (exact) mass is 330 g/mol. The first-order chi connectivity index (χ1) is 9.97. The van der Waals surface area contributed by atoms with Gasteiger partial charge in [0.15, 0.2) is 5.75 Å². The van der Waals surface area contributed by atoms with Crippen LogP contribution in [0.5, 0.6) is 5.75 Å². The molecule has 1 aromatic carbocycles. The maximum atomic E-state index is 10.0. The molecule has 6 heteroatoms. The van der Waals surface area contributed by atoms with E-state index in [4.69, 9.17) is 33.2 Å². The summed E-state index contributed by atoms with van der Waals surface area (Å²) in [5.41, 5.74) is 0. The van der Waals surface area contributed by atoms with Crippen LogP contribution in [-0.2, 0) is 0 Å². The van der Waals surface area contributed by atoms with Crippen LogP contribution in [0, 0.1) is 17.2 Å². The standard InChI is InChI=1S/C15H20Cl2N2O2/c1-3-19(8-11(2)7-18)9-12(20)10-21-15-13(16)5-4-6-14(15)17/h4-6,11-12,20H,3,8-10H2,1-2H3. The summed E-state index contributed by atoms with van der Waals surface area (Å²) in [7, 11) is 0. The smallest absolute Gasteiger partial charge is 0.156 e. The van der Waals surface area contributed by atoms with Crippen LogP contribution in [0.1, 0.15) is 13.8 Å². The Morgan fingerprint density at radius 2 is 1.95 bits per heavy atom. The first-order valence-corrected chi connectivity index (χ1v) is 7.60. The van der Waals surface area contributed by atoms with Gasteiger partial charge >= 0.3 is 0 Å². The molecule has 0 bridgehead atoms. The highest BCUT2D eigenvalue weighted by Crippen LogP contribution is 2.32. The van der Waals surface area contributed by atoms with Crippen LogP contribution in [0.15, 0.2) is 18.2 Å². The van der Waals surface area contributed by atoms with Gasteiger partial charge in [-0.25, -0.2) is 0 Å². The lowest BCUT2D eigenvalue weighted by atomic mass is 10.2. The molecule has 0 aliphatic rings. The second-order valence-corrected chi connectivity index (χ2v) is 5.71. The molecule has 0 spiro atoms. The van der Waals surface area contributed by atoms with Crippen molar-refractivity contribution < 1.29 is 9.84 Å². The summed E-state index contributed by atoms with van der Waals surface area (Å²) in [4.78, 5) is 2.01. The number of likely N-dealkylation sites (N-methyl/N-ethyl adjacent to an activating group) is 1. The van der Waals surface area contributed by atoms with Crippen LogP contribution in [0.3, 0.4) is 0 Å². The zero-order valence-electron chi connectivity index (χ0n) is 12.2. The summed E-state index contributed by atoms with van der Waals surface area (Å²) in [6.45, 7) is 5.76. The fourth-order valence-electron chi connectivity index (χ4n) is 1.91. The molecule has 2 unspecified atom stereocenters. The van der Waals surface area contributed by atoms with E-state index in [2.05, 4.69) is 6.07 Å². The predicted molar refractivity (Wildman–Crippen MR) is 84.9 cm³/mol. The molecule has 1 rings (SSSR count). The van der Waals surface area contributed by atoms with E-state index < -0.39 is 6.10 Å². The Bertz CT molecular complexity index is 471. The number of hydrogen-bond donors (Lipinski definition) is 1. The highest BCUT2D eigenvalue weighted by Gasteiger charge is 2.15. The zero-order chi connectivity index (χ0) is 15.8. The number of aliphatic hydroxyl groups excluding tert-OH is 1. The van der Waals surface area contributed by atoms with E-state index >= 15 is 0 Å². The second-order valence-electron chi connectivity index (χ2n) is 4.90. The molecule has 0 saturated carbocycles. The van der Waals surface area contributed by atoms with Gasteiger partial charge in [0, 0.05) is 13.1 Å². The van der Waals surface area contributed by atoms with Gasteiger partial charge in [0.05, 0.1) is 22.0 Å². The van der Waals surface area contributed by atoms with E-state index in [1.165, 1.54) is 0 Å². The number of nitrogens with zero attached hydrogens (tertiary/aromatic N) is 2. The molecule has 2 atom stereocenters. The van der Waals surface area contributed by atoms with Crippen LogP contribution in [-0.4, -0.2) is 42.4 Å². The third-order valence-electron chi connectivity index (χ3n) is 3.01. The first kappa shape index (κ1) is 18.1. The minimum atomic E-state index is -0.678. The Labute approximate surface area is 135 Å². The van der Waals surface area contributed by atoms with E-state index in [0.717, 1.165) is 6.54 Å². The highest BCUT2D eigenvalue weighted by molar-refractivity contribution is 6.37. The van der Waals surface area contributed by atoms with Gasteiger partial charge in [0.25, 0.3) is 0 Å². The molecule has 0 radical (unpaired) electrons. The summed E-state index contributed by atoms with van der Waals surface area (Å²) in [6, 6.07) is 7.28. The first-order valence-electron chi connectivity index (χ1n) is 6.84. The van der Waals surface area contributed by atoms with Crippen molar-refractivity contribution in [1.29, 1.82) is 5.26 Å². The maximum absolute atomic E-state index is 10.0. The topological polar surface area (TPSA) is 56.5 Å². The van der Waals surface area contributed by atoms with Crippen LogP contribution in [0.4, 0.5) is 0 Å². The fourth-order valence-corrected chi connectivity index (χ4v) is 2.42. The summed E-state index contributed by atoms with van der Waals surface area (Å²) < 4.78 is 5.50. The fraction of sp³-hybridized carbons (Fsp3) is 0.533. The van der Waals surface area contributed by atoms with Crippen molar-refractivity contribution in [2.24, 2.45) is 5.92 Å². The van der Waals surface area contributed by atoms with Gasteiger partial charge in [-0.3, -0.25) is 4.90 Å². The number of nitriles is 1. The summed E-state index contributed by atoms with van der Waals surface area (Å²) >= 11 is 12.0. The number of aliphatic hydroxyl groups is 1. The molecular weight excluding hydrogens is 311 g/mol. The predicted octanol–water partition coefficient (Wildman–Crippen LogP) is 3.21. The number of para-hydroxylation sites is 1. The van der Waals surface area contributed by atoms with Crippen molar-refractivity contribution in [3.05, 3.63) is 28.2 Å². The molecule has 116 valence electrons. The summed E-state index contributed by atoms with van der Waals surface area (Å²) in [5.74, 6) is 0.310. The van der Waals surface area contributed by atoms with Crippen molar-refractivity contribution >= 4 is 23.2 Å². The Morgan fingerprint density at radius 3 is 2.48 bits per heavy atom. The lowest BCUT2D eigenvalue weighted by molar-refractivity contribution is 0.0676. The normalized spacial score (nSPS) is 13.8. The summed E-state index contributed by atoms with van der Waals surface area (Å²) in [5, 5.41) is 19.7. The Kier molecular flexibility index (Phi) is 7.84. The van der Waals surface area contributed by atoms with E-state index in [0.29, 0.717) is 28.9 Å². The molecule has 0 saturated heterocycles. The SMILES string of the molecule is CCN(CC(C)C#N)CC(O)COc1c(Cl)cccc1Cl. The lowest BCUT2D eigenvalue weighted by Gasteiger charge is -2.24. The quantitative estimate of drug-likeness (QED) is 0.795. The largest absolute Gasteiger partial charge is 0.488 e. The molecule has 0 amide bonds. The van der Waals surface area contributed by atoms with Gasteiger partial charge in [0.2, 0.25) is 0 Å². The Morgan fingerprint density at radius 1 is 1.33 bits per heavy atom. The van der Waals surface area contributed by atoms with Crippen LogP contribution in [0.25, 0.3) is 0 Å². The van der Waals surface area contributed by atoms with Crippen LogP contribution in [0.2, 0.25) is 10.0 Å². The molecule has 0 heterocycles. The molecule has 1 aromatic rings. The van der Waals surface area contributed by atoms with Gasteiger partial charge in [-0.1, -0.05) is 36.2 Å². The van der Waals surface area contributed by atoms with E-state index in [-0.39, 0.29) is 12.5 Å². The van der Waals surface area contributed by atoms with Crippen LogP contribution >= 0.6 is 23.2 Å². The van der Waals surface area contributed by atoms with Crippen LogP contribution < -0.4 is 4.74 Å². The molecule has 21 heavy (non-hydrogen) atoms. The number of halogens is 2. The molecule has 1 N–H and O–H groups in total. The van der Waals surface area contributed by atoms with Gasteiger partial charge in [-0.15, -0.1) is 0 Å². The minimum Gasteiger partial charge on any atom is -0.488 e. The Balaban J connectivity index is 2.50. The van der Waals surface area contributed by atoms with Gasteiger partial charge in [-0.05, 0) is 25.6 Å². The number of hydrogen-bond acceptors (Lipinski definition) is 4. The van der Waals surface area contributed by atoms with E-state index in [1.54, 1.807) is 18.2 Å². The number of benzene rings is 1. The van der Waals surface area contributed by atoms with Gasteiger partial charge in [-0.2, -0.15) is 5.26 Å². The summed E-state index contributed by atoms with van der Waals surface area (Å²) in [6.07, 6.45) is -0.678. The van der Waals surface area contributed by atoms with Gasteiger partial charge < -0.3 is 9.84 Å². The number of rotatable bonds is 8. The molecular formula is C15H20Cl2N2O2. The van der Waals surface area contributed by atoms with E-state index in [1.807, 2.05) is 18.7 Å². The third kappa shape index (κ3) is 6.11. The van der Waals surface area contributed by atoms with E-state index in [9.17, 15) is 5.11 Å². The molecule has 4 nitrogen and oxygen atoms in total. The highest BCUT2D eigenvalue weighted by atomic mass is 35.5. The average Bonchev–Trinajstić information content (AvgIpc) is 2.45. The maximum Gasteiger partial charge on any atom is 0.156 e. The van der Waals surface area contributed by atoms with Crippen molar-refractivity contribution in [1.82, 2.24) is 4.90 Å². The Hall–Kier alpha value is -0.990. The van der Waals surface area contributed by atoms with Crippen molar-refractivity contribution in [2.75, 3.05) is 26.2 Å². The zero-order valence-corrected chi connectivity index (χ0v) is 13.7.